The standard InChI is InChI=1S/C34H36F3N5O2/c1-2-19-5-3-6-20-11-24(43)12-25(28(19)20)29-27(36)13-26-31(30(29)37)39-33(40-32(26)42-17-22-7-8-23(42)15-38-22)44-18-34-9-4-10-41(34)16-21(35)14-34/h3,5-6,11-13,21-23,38,43H,2,4,7-10,14-18H2,1H3/t21-,22+,23+,34+/m1/s1. The van der Waals surface area contributed by atoms with E-state index >= 15 is 8.78 Å². The quantitative estimate of drug-likeness (QED) is 0.285. The molecule has 3 aromatic carbocycles. The summed E-state index contributed by atoms with van der Waals surface area (Å²) in [5, 5.41) is 15.8. The number of aromatic nitrogens is 2. The van der Waals surface area contributed by atoms with Gasteiger partial charge in [0.1, 0.15) is 35.7 Å². The third-order valence-electron chi connectivity index (χ3n) is 10.4. The molecule has 2 N–H and O–H groups in total. The summed E-state index contributed by atoms with van der Waals surface area (Å²) >= 11 is 0. The molecule has 4 aromatic rings. The number of aromatic hydroxyl groups is 1. The van der Waals surface area contributed by atoms with Gasteiger partial charge in [0.05, 0.1) is 11.1 Å². The predicted octanol–water partition coefficient (Wildman–Crippen LogP) is 5.89. The van der Waals surface area contributed by atoms with Crippen LogP contribution in [-0.4, -0.2) is 76.6 Å². The lowest BCUT2D eigenvalue weighted by Crippen LogP contribution is -2.61. The van der Waals surface area contributed by atoms with Crippen LogP contribution < -0.4 is 15.0 Å². The Kier molecular flexibility index (Phi) is 6.64. The maximum absolute atomic E-state index is 16.9. The number of fused-ring (bicyclic) bond motifs is 6. The van der Waals surface area contributed by atoms with Crippen LogP contribution in [0, 0.1) is 11.6 Å². The lowest BCUT2D eigenvalue weighted by Gasteiger charge is -2.46. The van der Waals surface area contributed by atoms with Gasteiger partial charge in [0.15, 0.2) is 5.82 Å². The van der Waals surface area contributed by atoms with Crippen molar-refractivity contribution in [2.24, 2.45) is 0 Å². The molecule has 9 rings (SSSR count). The van der Waals surface area contributed by atoms with Crippen LogP contribution in [0.3, 0.4) is 0 Å². The van der Waals surface area contributed by atoms with Gasteiger partial charge in [-0.1, -0.05) is 25.1 Å². The molecule has 7 nitrogen and oxygen atoms in total. The van der Waals surface area contributed by atoms with E-state index in [0.717, 1.165) is 44.3 Å². The molecule has 230 valence electrons. The van der Waals surface area contributed by atoms with Gasteiger partial charge in [0, 0.05) is 43.5 Å². The monoisotopic (exact) mass is 603 g/mol. The van der Waals surface area contributed by atoms with Gasteiger partial charge in [-0.25, -0.2) is 13.2 Å². The highest BCUT2D eigenvalue weighted by Gasteiger charge is 2.49. The summed E-state index contributed by atoms with van der Waals surface area (Å²) in [7, 11) is 0. The predicted molar refractivity (Wildman–Crippen MR) is 164 cm³/mol. The molecular weight excluding hydrogens is 567 g/mol. The zero-order valence-electron chi connectivity index (χ0n) is 24.8. The number of alkyl halides is 1. The summed E-state index contributed by atoms with van der Waals surface area (Å²) in [6, 6.07) is 10.4. The van der Waals surface area contributed by atoms with Crippen molar-refractivity contribution in [3.05, 3.63) is 53.6 Å². The normalized spacial score (nSPS) is 26.6. The highest BCUT2D eigenvalue weighted by Crippen LogP contribution is 2.43. The van der Waals surface area contributed by atoms with Crippen LogP contribution in [0.4, 0.5) is 19.0 Å². The second kappa shape index (κ2) is 10.5. The number of halogens is 3. The molecule has 44 heavy (non-hydrogen) atoms. The van der Waals surface area contributed by atoms with E-state index in [1.165, 1.54) is 12.1 Å². The number of aryl methyl sites for hydroxylation is 1. The molecule has 10 heteroatoms. The van der Waals surface area contributed by atoms with E-state index in [4.69, 9.17) is 9.72 Å². The van der Waals surface area contributed by atoms with Crippen LogP contribution in [0.2, 0.25) is 0 Å². The van der Waals surface area contributed by atoms with Crippen LogP contribution in [0.5, 0.6) is 11.8 Å². The van der Waals surface area contributed by atoms with Crippen molar-refractivity contribution in [3.8, 4) is 22.9 Å². The van der Waals surface area contributed by atoms with E-state index in [0.29, 0.717) is 42.5 Å². The van der Waals surface area contributed by atoms with Crippen molar-refractivity contribution >= 4 is 27.5 Å². The van der Waals surface area contributed by atoms with Crippen LogP contribution in [0.25, 0.3) is 32.8 Å². The van der Waals surface area contributed by atoms with Crippen LogP contribution >= 0.6 is 0 Å². The minimum atomic E-state index is -0.906. The molecule has 1 aromatic heterocycles. The van der Waals surface area contributed by atoms with Gasteiger partial charge in [-0.05, 0) is 78.7 Å². The Morgan fingerprint density at radius 2 is 2.02 bits per heavy atom. The van der Waals surface area contributed by atoms with E-state index in [1.807, 2.05) is 25.1 Å². The topological polar surface area (TPSA) is 73.8 Å². The van der Waals surface area contributed by atoms with E-state index in [2.05, 4.69) is 20.1 Å². The second-order valence-electron chi connectivity index (χ2n) is 13.0. The summed E-state index contributed by atoms with van der Waals surface area (Å²) in [5.74, 6) is -1.19. The van der Waals surface area contributed by atoms with Crippen LogP contribution in [0.1, 0.15) is 44.6 Å². The second-order valence-corrected chi connectivity index (χ2v) is 13.0. The molecule has 5 aliphatic rings. The van der Waals surface area contributed by atoms with Gasteiger partial charge in [-0.3, -0.25) is 4.90 Å². The smallest absolute Gasteiger partial charge is 0.319 e. The van der Waals surface area contributed by atoms with Crippen molar-refractivity contribution in [1.82, 2.24) is 20.2 Å². The molecule has 2 bridgehead atoms. The summed E-state index contributed by atoms with van der Waals surface area (Å²) in [4.78, 5) is 13.6. The Balaban J connectivity index is 1.30. The number of benzene rings is 3. The molecule has 6 heterocycles. The van der Waals surface area contributed by atoms with E-state index in [1.54, 1.807) is 6.07 Å². The number of rotatable bonds is 6. The Bertz CT molecular complexity index is 1780. The van der Waals surface area contributed by atoms with Crippen LogP contribution in [0.15, 0.2) is 36.4 Å². The number of piperidine rings is 2. The Hall–Kier alpha value is -3.63. The number of piperazine rings is 1. The molecule has 5 fully saturated rings. The third-order valence-corrected chi connectivity index (χ3v) is 10.4. The van der Waals surface area contributed by atoms with Crippen molar-refractivity contribution in [3.63, 3.8) is 0 Å². The number of nitrogens with one attached hydrogen (secondary N) is 1. The van der Waals surface area contributed by atoms with Gasteiger partial charge < -0.3 is 20.1 Å². The average molecular weight is 604 g/mol. The molecule has 5 aliphatic heterocycles. The summed E-state index contributed by atoms with van der Waals surface area (Å²) in [6.45, 7) is 4.85. The van der Waals surface area contributed by atoms with E-state index in [9.17, 15) is 9.50 Å². The van der Waals surface area contributed by atoms with Gasteiger partial charge >= 0.3 is 6.01 Å². The fraction of sp³-hybridized carbons (Fsp3) is 0.471. The lowest BCUT2D eigenvalue weighted by atomic mass is 9.91. The first-order valence-electron chi connectivity index (χ1n) is 15.8. The number of phenolic OH excluding ortho intramolecular Hbond substituents is 1. The highest BCUT2D eigenvalue weighted by atomic mass is 19.1. The maximum Gasteiger partial charge on any atom is 0.319 e. The Labute approximate surface area is 254 Å². The van der Waals surface area contributed by atoms with E-state index < -0.39 is 23.3 Å². The lowest BCUT2D eigenvalue weighted by molar-refractivity contribution is 0.107. The molecule has 0 amide bonds. The van der Waals surface area contributed by atoms with Crippen molar-refractivity contribution < 1.29 is 23.0 Å². The molecule has 0 unspecified atom stereocenters. The molecule has 0 spiro atoms. The molecule has 0 radical (unpaired) electrons. The number of hydrogen-bond donors (Lipinski definition) is 2. The molecule has 0 saturated carbocycles. The van der Waals surface area contributed by atoms with Crippen LogP contribution in [-0.2, 0) is 6.42 Å². The first-order valence-corrected chi connectivity index (χ1v) is 15.8. The van der Waals surface area contributed by atoms with Gasteiger partial charge in [-0.2, -0.15) is 9.97 Å². The van der Waals surface area contributed by atoms with E-state index in [-0.39, 0.29) is 52.5 Å². The zero-order chi connectivity index (χ0) is 30.2. The van der Waals surface area contributed by atoms with Crippen molar-refractivity contribution in [1.29, 1.82) is 0 Å². The minimum Gasteiger partial charge on any atom is -0.508 e. The van der Waals surface area contributed by atoms with Gasteiger partial charge in [0.2, 0.25) is 0 Å². The largest absolute Gasteiger partial charge is 0.508 e. The number of ether oxygens (including phenoxy) is 1. The molecular formula is C34H36F3N5O2. The molecule has 5 saturated heterocycles. The Morgan fingerprint density at radius 3 is 2.80 bits per heavy atom. The Morgan fingerprint density at radius 1 is 1.14 bits per heavy atom. The summed E-state index contributed by atoms with van der Waals surface area (Å²) < 4.78 is 53.8. The first kappa shape index (κ1) is 27.9. The highest BCUT2D eigenvalue weighted by molar-refractivity contribution is 6.03. The number of anilines is 1. The summed E-state index contributed by atoms with van der Waals surface area (Å²) in [5.41, 5.74) is 0.503. The number of phenols is 1. The fourth-order valence-electron chi connectivity index (χ4n) is 8.29. The minimum absolute atomic E-state index is 0.0110. The third kappa shape index (κ3) is 4.40. The number of hydrogen-bond acceptors (Lipinski definition) is 7. The molecule has 4 atom stereocenters. The fourth-order valence-corrected chi connectivity index (χ4v) is 8.29. The van der Waals surface area contributed by atoms with Gasteiger partial charge in [0.25, 0.3) is 0 Å². The SMILES string of the molecule is CCc1cccc2cc(O)cc(-c3c(F)cc4c(N5C[C@@H]6CC[C@H]5CN6)nc(OC[C@@]56CCCN5C[C@H](F)C6)nc4c3F)c12. The zero-order valence-corrected chi connectivity index (χ0v) is 24.8. The first-order chi connectivity index (χ1) is 21.3. The summed E-state index contributed by atoms with van der Waals surface area (Å²) in [6.07, 6.45) is 3.92. The molecule has 0 aliphatic carbocycles. The maximum atomic E-state index is 16.9. The average Bonchev–Trinajstić information content (AvgIpc) is 3.55. The van der Waals surface area contributed by atoms with Crippen molar-refractivity contribution in [2.45, 2.75) is 69.2 Å². The van der Waals surface area contributed by atoms with Crippen molar-refractivity contribution in [2.75, 3.05) is 37.7 Å². The number of nitrogens with zero attached hydrogens (tertiary/aromatic N) is 4. The van der Waals surface area contributed by atoms with Gasteiger partial charge in [-0.15, -0.1) is 0 Å².